The highest BCUT2D eigenvalue weighted by Crippen LogP contribution is 2.21. The molecule has 6 heteroatoms. The second kappa shape index (κ2) is 9.18. The van der Waals surface area contributed by atoms with Crippen molar-refractivity contribution in [2.75, 3.05) is 6.54 Å². The van der Waals surface area contributed by atoms with E-state index in [2.05, 4.69) is 20.8 Å². The van der Waals surface area contributed by atoms with E-state index < -0.39 is 0 Å². The number of rotatable bonds is 5. The SMILES string of the molecule is CCNC(=NCc1ccccc1)NN=Cc1c(Cl)cccc1Cl. The zero-order chi connectivity index (χ0) is 16.5. The highest BCUT2D eigenvalue weighted by Gasteiger charge is 2.02. The molecule has 0 fully saturated rings. The Morgan fingerprint density at radius 2 is 1.74 bits per heavy atom. The molecule has 2 aromatic carbocycles. The van der Waals surface area contributed by atoms with Crippen LogP contribution in [0.1, 0.15) is 18.1 Å². The predicted octanol–water partition coefficient (Wildman–Crippen LogP) is 4.08. The minimum Gasteiger partial charge on any atom is -0.355 e. The molecule has 2 N–H and O–H groups in total. The van der Waals surface area contributed by atoms with Gasteiger partial charge in [0.25, 0.3) is 0 Å². The van der Waals surface area contributed by atoms with E-state index in [0.29, 0.717) is 28.1 Å². The van der Waals surface area contributed by atoms with Crippen LogP contribution in [-0.4, -0.2) is 18.7 Å². The van der Waals surface area contributed by atoms with Crippen LogP contribution in [0.4, 0.5) is 0 Å². The van der Waals surface area contributed by atoms with Gasteiger partial charge in [0.15, 0.2) is 0 Å². The van der Waals surface area contributed by atoms with Crippen LogP contribution in [0.25, 0.3) is 0 Å². The lowest BCUT2D eigenvalue weighted by Crippen LogP contribution is -2.34. The summed E-state index contributed by atoms with van der Waals surface area (Å²) in [5.74, 6) is 0.593. The van der Waals surface area contributed by atoms with Crippen molar-refractivity contribution in [2.45, 2.75) is 13.5 Å². The summed E-state index contributed by atoms with van der Waals surface area (Å²) in [6, 6.07) is 15.3. The molecule has 2 aromatic rings. The smallest absolute Gasteiger partial charge is 0.212 e. The number of benzene rings is 2. The Hall–Kier alpha value is -2.04. The molecule has 0 spiro atoms. The van der Waals surface area contributed by atoms with Crippen LogP contribution in [0.5, 0.6) is 0 Å². The van der Waals surface area contributed by atoms with Crippen molar-refractivity contribution in [3.8, 4) is 0 Å². The van der Waals surface area contributed by atoms with E-state index in [9.17, 15) is 0 Å². The van der Waals surface area contributed by atoms with Gasteiger partial charge in [-0.1, -0.05) is 59.6 Å². The van der Waals surface area contributed by atoms with Crippen LogP contribution in [0.2, 0.25) is 10.0 Å². The summed E-state index contributed by atoms with van der Waals surface area (Å²) < 4.78 is 0. The maximum absolute atomic E-state index is 6.10. The van der Waals surface area contributed by atoms with Crippen molar-refractivity contribution in [2.24, 2.45) is 10.1 Å². The second-order valence-corrected chi connectivity index (χ2v) is 5.50. The maximum atomic E-state index is 6.10. The molecule has 120 valence electrons. The van der Waals surface area contributed by atoms with Gasteiger partial charge < -0.3 is 5.32 Å². The third-order valence-corrected chi connectivity index (χ3v) is 3.63. The Morgan fingerprint density at radius 3 is 2.39 bits per heavy atom. The van der Waals surface area contributed by atoms with E-state index in [-0.39, 0.29) is 0 Å². The number of guanidine groups is 1. The fourth-order valence-corrected chi connectivity index (χ4v) is 2.34. The summed E-state index contributed by atoms with van der Waals surface area (Å²) in [5.41, 5.74) is 4.68. The van der Waals surface area contributed by atoms with Crippen LogP contribution in [0.3, 0.4) is 0 Å². The molecule has 0 aromatic heterocycles. The first-order valence-electron chi connectivity index (χ1n) is 7.26. The lowest BCUT2D eigenvalue weighted by molar-refractivity contribution is 0.855. The topological polar surface area (TPSA) is 48.8 Å². The Bertz CT molecular complexity index is 664. The first-order chi connectivity index (χ1) is 11.2. The lowest BCUT2D eigenvalue weighted by Gasteiger charge is -2.07. The summed E-state index contributed by atoms with van der Waals surface area (Å²) in [6.45, 7) is 3.30. The molecule has 0 aliphatic carbocycles. The van der Waals surface area contributed by atoms with E-state index in [0.717, 1.165) is 12.1 Å². The van der Waals surface area contributed by atoms with Crippen LogP contribution < -0.4 is 10.7 Å². The van der Waals surface area contributed by atoms with Gasteiger partial charge in [0.1, 0.15) is 0 Å². The van der Waals surface area contributed by atoms with Gasteiger partial charge in [0, 0.05) is 12.1 Å². The Labute approximate surface area is 146 Å². The summed E-state index contributed by atoms with van der Waals surface area (Å²) in [6.07, 6.45) is 1.58. The van der Waals surface area contributed by atoms with Crippen LogP contribution in [-0.2, 0) is 6.54 Å². The molecule has 0 heterocycles. The van der Waals surface area contributed by atoms with Gasteiger partial charge in [-0.3, -0.25) is 0 Å². The van der Waals surface area contributed by atoms with E-state index in [1.165, 1.54) is 0 Å². The highest BCUT2D eigenvalue weighted by atomic mass is 35.5. The molecule has 4 nitrogen and oxygen atoms in total. The minimum atomic E-state index is 0.550. The average molecular weight is 349 g/mol. The van der Waals surface area contributed by atoms with Crippen molar-refractivity contribution in [3.05, 3.63) is 69.7 Å². The molecule has 2 rings (SSSR count). The number of nitrogens with zero attached hydrogens (tertiary/aromatic N) is 2. The molecular weight excluding hydrogens is 331 g/mol. The Morgan fingerprint density at radius 1 is 1.04 bits per heavy atom. The largest absolute Gasteiger partial charge is 0.355 e. The number of nitrogens with one attached hydrogen (secondary N) is 2. The molecule has 0 unspecified atom stereocenters. The van der Waals surface area contributed by atoms with Gasteiger partial charge in [-0.05, 0) is 24.6 Å². The van der Waals surface area contributed by atoms with E-state index in [1.807, 2.05) is 37.3 Å². The van der Waals surface area contributed by atoms with Crippen LogP contribution in [0.15, 0.2) is 58.6 Å². The van der Waals surface area contributed by atoms with Crippen molar-refractivity contribution in [1.29, 1.82) is 0 Å². The fourth-order valence-electron chi connectivity index (χ4n) is 1.84. The van der Waals surface area contributed by atoms with E-state index >= 15 is 0 Å². The summed E-state index contributed by atoms with van der Waals surface area (Å²) in [5, 5.41) is 8.39. The molecule has 0 radical (unpaired) electrons. The van der Waals surface area contributed by atoms with Gasteiger partial charge in [0.2, 0.25) is 5.96 Å². The molecule has 0 aliphatic rings. The van der Waals surface area contributed by atoms with E-state index in [1.54, 1.807) is 24.4 Å². The summed E-state index contributed by atoms with van der Waals surface area (Å²) in [4.78, 5) is 4.47. The van der Waals surface area contributed by atoms with Gasteiger partial charge in [-0.15, -0.1) is 0 Å². The number of halogens is 2. The summed E-state index contributed by atoms with van der Waals surface area (Å²) >= 11 is 12.2. The van der Waals surface area contributed by atoms with Gasteiger partial charge >= 0.3 is 0 Å². The maximum Gasteiger partial charge on any atom is 0.212 e. The van der Waals surface area contributed by atoms with Crippen molar-refractivity contribution in [1.82, 2.24) is 10.7 Å². The van der Waals surface area contributed by atoms with Crippen molar-refractivity contribution >= 4 is 35.4 Å². The first kappa shape index (κ1) is 17.3. The van der Waals surface area contributed by atoms with Crippen LogP contribution in [0, 0.1) is 0 Å². The normalized spacial score (nSPS) is 11.7. The zero-order valence-electron chi connectivity index (χ0n) is 12.8. The fraction of sp³-hybridized carbons (Fsp3) is 0.176. The molecule has 0 saturated heterocycles. The first-order valence-corrected chi connectivity index (χ1v) is 8.01. The predicted molar refractivity (Wildman–Crippen MR) is 98.4 cm³/mol. The van der Waals surface area contributed by atoms with E-state index in [4.69, 9.17) is 23.2 Å². The molecule has 0 amide bonds. The Kier molecular flexibility index (Phi) is 6.91. The lowest BCUT2D eigenvalue weighted by atomic mass is 10.2. The molecular formula is C17H18Cl2N4. The number of aliphatic imine (C=N–C) groups is 1. The standard InChI is InChI=1S/C17H18Cl2N4/c1-2-20-17(21-11-13-7-4-3-5-8-13)23-22-12-14-15(18)9-6-10-16(14)19/h3-10,12H,2,11H2,1H3,(H2,20,21,23). The van der Waals surface area contributed by atoms with Gasteiger partial charge in [-0.2, -0.15) is 5.10 Å². The highest BCUT2D eigenvalue weighted by molar-refractivity contribution is 6.38. The zero-order valence-corrected chi connectivity index (χ0v) is 14.3. The molecule has 23 heavy (non-hydrogen) atoms. The Balaban J connectivity index is 2.03. The quantitative estimate of drug-likeness (QED) is 0.485. The molecule has 0 aliphatic heterocycles. The van der Waals surface area contributed by atoms with Crippen molar-refractivity contribution in [3.63, 3.8) is 0 Å². The summed E-state index contributed by atoms with van der Waals surface area (Å²) in [7, 11) is 0. The molecule has 0 bridgehead atoms. The third kappa shape index (κ3) is 5.58. The second-order valence-electron chi connectivity index (χ2n) is 4.69. The van der Waals surface area contributed by atoms with Crippen molar-refractivity contribution < 1.29 is 0 Å². The number of hydrazone groups is 1. The number of hydrogen-bond donors (Lipinski definition) is 2. The van der Waals surface area contributed by atoms with Crippen LogP contribution >= 0.6 is 23.2 Å². The number of hydrogen-bond acceptors (Lipinski definition) is 2. The monoisotopic (exact) mass is 348 g/mol. The third-order valence-electron chi connectivity index (χ3n) is 2.97. The van der Waals surface area contributed by atoms with Gasteiger partial charge in [-0.25, -0.2) is 10.4 Å². The molecule has 0 saturated carbocycles. The van der Waals surface area contributed by atoms with Gasteiger partial charge in [0.05, 0.1) is 22.8 Å². The minimum absolute atomic E-state index is 0.550. The molecule has 0 atom stereocenters. The average Bonchev–Trinajstić information content (AvgIpc) is 2.56.